The molecule has 0 aliphatic rings. The van der Waals surface area contributed by atoms with Crippen molar-refractivity contribution in [3.63, 3.8) is 0 Å². The first-order valence-corrected chi connectivity index (χ1v) is 8.24. The van der Waals surface area contributed by atoms with Crippen molar-refractivity contribution < 1.29 is 4.79 Å². The summed E-state index contributed by atoms with van der Waals surface area (Å²) in [4.78, 5) is 29.4. The molecule has 2 rings (SSSR count). The molecule has 0 spiro atoms. The number of anilines is 1. The first-order chi connectivity index (χ1) is 11.3. The summed E-state index contributed by atoms with van der Waals surface area (Å²) in [5.74, 6) is 1.01. The van der Waals surface area contributed by atoms with Gasteiger partial charge in [-0.05, 0) is 30.9 Å². The van der Waals surface area contributed by atoms with E-state index >= 15 is 0 Å². The van der Waals surface area contributed by atoms with E-state index in [0.29, 0.717) is 24.4 Å². The second-order valence-corrected chi connectivity index (χ2v) is 6.34. The molecule has 24 heavy (non-hydrogen) atoms. The van der Waals surface area contributed by atoms with Crippen molar-refractivity contribution in [1.29, 1.82) is 0 Å². The maximum absolute atomic E-state index is 12.6. The Hall–Kier alpha value is -2.44. The monoisotopic (exact) mass is 331 g/mol. The van der Waals surface area contributed by atoms with E-state index in [-0.39, 0.29) is 17.1 Å². The molecule has 2 heterocycles. The predicted molar refractivity (Wildman–Crippen MR) is 93.2 cm³/mol. The van der Waals surface area contributed by atoms with Gasteiger partial charge in [0.2, 0.25) is 5.95 Å². The summed E-state index contributed by atoms with van der Waals surface area (Å²) >= 11 is 0. The predicted octanol–water partition coefficient (Wildman–Crippen LogP) is 2.15. The average Bonchev–Trinajstić information content (AvgIpc) is 2.86. The maximum atomic E-state index is 12.6. The Morgan fingerprint density at radius 2 is 2.08 bits per heavy atom. The van der Waals surface area contributed by atoms with Gasteiger partial charge in [-0.25, -0.2) is 0 Å². The zero-order valence-corrected chi connectivity index (χ0v) is 15.0. The topological polar surface area (TPSA) is 81.8 Å². The molecule has 0 aliphatic heterocycles. The highest BCUT2D eigenvalue weighted by molar-refractivity contribution is 6.04. The molecule has 1 amide bonds. The smallest absolute Gasteiger partial charge is 0.263 e. The van der Waals surface area contributed by atoms with Gasteiger partial charge in [0.15, 0.2) is 0 Å². The lowest BCUT2D eigenvalue weighted by Crippen LogP contribution is -2.30. The van der Waals surface area contributed by atoms with Gasteiger partial charge in [-0.1, -0.05) is 20.8 Å². The number of nitrogens with one attached hydrogen (secondary N) is 1. The lowest BCUT2D eigenvalue weighted by Gasteiger charge is -2.11. The third-order valence-corrected chi connectivity index (χ3v) is 3.94. The van der Waals surface area contributed by atoms with E-state index in [1.807, 2.05) is 6.92 Å². The SMILES string of the molecule is CCc1nc(NC(=O)c2c(C)ccn(CCC(C)C)c2=O)nn1C. The summed E-state index contributed by atoms with van der Waals surface area (Å²) in [5.41, 5.74) is 0.511. The van der Waals surface area contributed by atoms with Crippen molar-refractivity contribution in [1.82, 2.24) is 19.3 Å². The summed E-state index contributed by atoms with van der Waals surface area (Å²) in [6.07, 6.45) is 3.34. The minimum atomic E-state index is -0.468. The quantitative estimate of drug-likeness (QED) is 0.879. The van der Waals surface area contributed by atoms with Crippen molar-refractivity contribution in [2.24, 2.45) is 13.0 Å². The molecule has 0 aliphatic carbocycles. The number of nitrogens with zero attached hydrogens (tertiary/aromatic N) is 4. The highest BCUT2D eigenvalue weighted by atomic mass is 16.2. The zero-order chi connectivity index (χ0) is 17.9. The van der Waals surface area contributed by atoms with Crippen molar-refractivity contribution in [3.05, 3.63) is 39.6 Å². The van der Waals surface area contributed by atoms with Gasteiger partial charge in [0, 0.05) is 26.2 Å². The summed E-state index contributed by atoms with van der Waals surface area (Å²) in [7, 11) is 1.77. The number of amides is 1. The fourth-order valence-electron chi connectivity index (χ4n) is 2.46. The fraction of sp³-hybridized carbons (Fsp3) is 0.529. The Balaban J connectivity index is 2.27. The van der Waals surface area contributed by atoms with Crippen LogP contribution in [0, 0.1) is 12.8 Å². The Bertz CT molecular complexity index is 789. The number of aromatic nitrogens is 4. The van der Waals surface area contributed by atoms with Crippen LogP contribution in [0.15, 0.2) is 17.1 Å². The Labute approximate surface area is 141 Å². The van der Waals surface area contributed by atoms with Crippen LogP contribution in [0.25, 0.3) is 0 Å². The summed E-state index contributed by atoms with van der Waals surface area (Å²) in [6.45, 7) is 8.52. The van der Waals surface area contributed by atoms with Gasteiger partial charge in [-0.15, -0.1) is 5.10 Å². The molecule has 0 radical (unpaired) electrons. The summed E-state index contributed by atoms with van der Waals surface area (Å²) in [6, 6.07) is 1.79. The second-order valence-electron chi connectivity index (χ2n) is 6.34. The highest BCUT2D eigenvalue weighted by Gasteiger charge is 2.18. The number of rotatable bonds is 6. The van der Waals surface area contributed by atoms with Crippen LogP contribution >= 0.6 is 0 Å². The van der Waals surface area contributed by atoms with Gasteiger partial charge in [-0.2, -0.15) is 4.98 Å². The Morgan fingerprint density at radius 1 is 1.38 bits per heavy atom. The molecular formula is C17H25N5O2. The van der Waals surface area contributed by atoms with Crippen molar-refractivity contribution in [2.75, 3.05) is 5.32 Å². The van der Waals surface area contributed by atoms with Crippen LogP contribution in [0.4, 0.5) is 5.95 Å². The minimum absolute atomic E-state index is 0.145. The molecule has 2 aromatic rings. The van der Waals surface area contributed by atoms with Crippen LogP contribution < -0.4 is 10.9 Å². The molecule has 0 unspecified atom stereocenters. The normalized spacial score (nSPS) is 11.1. The average molecular weight is 331 g/mol. The van der Waals surface area contributed by atoms with E-state index in [0.717, 1.165) is 12.2 Å². The van der Waals surface area contributed by atoms with Gasteiger partial charge in [0.05, 0.1) is 0 Å². The van der Waals surface area contributed by atoms with Crippen LogP contribution in [-0.4, -0.2) is 25.2 Å². The summed E-state index contributed by atoms with van der Waals surface area (Å²) in [5, 5.41) is 6.79. The van der Waals surface area contributed by atoms with E-state index in [4.69, 9.17) is 0 Å². The molecular weight excluding hydrogens is 306 g/mol. The second kappa shape index (κ2) is 7.42. The van der Waals surface area contributed by atoms with Gasteiger partial charge >= 0.3 is 0 Å². The molecule has 0 aromatic carbocycles. The first kappa shape index (κ1) is 17.9. The van der Waals surface area contributed by atoms with Crippen molar-refractivity contribution >= 4 is 11.9 Å². The Morgan fingerprint density at radius 3 is 2.67 bits per heavy atom. The van der Waals surface area contributed by atoms with E-state index in [2.05, 4.69) is 29.2 Å². The van der Waals surface area contributed by atoms with E-state index in [9.17, 15) is 9.59 Å². The summed E-state index contributed by atoms with van der Waals surface area (Å²) < 4.78 is 3.21. The maximum Gasteiger partial charge on any atom is 0.263 e. The molecule has 0 atom stereocenters. The number of aryl methyl sites for hydroxylation is 4. The van der Waals surface area contributed by atoms with Gasteiger partial charge in [0.25, 0.3) is 11.5 Å². The largest absolute Gasteiger partial charge is 0.315 e. The third-order valence-electron chi connectivity index (χ3n) is 3.94. The number of carbonyl (C=O) groups excluding carboxylic acids is 1. The van der Waals surface area contributed by atoms with E-state index < -0.39 is 5.91 Å². The number of carbonyl (C=O) groups is 1. The van der Waals surface area contributed by atoms with Crippen molar-refractivity contribution in [2.45, 2.75) is 47.1 Å². The standard InChI is InChI=1S/C17H25N5O2/c1-6-13-18-17(20-21(13)5)19-15(23)14-12(4)8-10-22(16(14)24)9-7-11(2)3/h8,10-11H,6-7,9H2,1-5H3,(H,19,20,23). The van der Waals surface area contributed by atoms with Crippen LogP contribution in [0.3, 0.4) is 0 Å². The molecule has 0 fully saturated rings. The first-order valence-electron chi connectivity index (χ1n) is 8.24. The third kappa shape index (κ3) is 3.90. The number of hydrogen-bond donors (Lipinski definition) is 1. The van der Waals surface area contributed by atoms with Gasteiger partial charge < -0.3 is 4.57 Å². The molecule has 0 saturated carbocycles. The van der Waals surface area contributed by atoms with Gasteiger partial charge in [0.1, 0.15) is 11.4 Å². The Kier molecular flexibility index (Phi) is 5.54. The van der Waals surface area contributed by atoms with Crippen LogP contribution in [0.2, 0.25) is 0 Å². The minimum Gasteiger partial charge on any atom is -0.315 e. The van der Waals surface area contributed by atoms with Crippen molar-refractivity contribution in [3.8, 4) is 0 Å². The highest BCUT2D eigenvalue weighted by Crippen LogP contribution is 2.08. The lowest BCUT2D eigenvalue weighted by atomic mass is 10.1. The van der Waals surface area contributed by atoms with Crippen LogP contribution in [0.1, 0.15) is 48.9 Å². The van der Waals surface area contributed by atoms with Crippen LogP contribution in [-0.2, 0) is 20.0 Å². The molecule has 7 heteroatoms. The fourth-order valence-corrected chi connectivity index (χ4v) is 2.46. The van der Waals surface area contributed by atoms with Gasteiger partial charge in [-0.3, -0.25) is 19.6 Å². The van der Waals surface area contributed by atoms with E-state index in [1.165, 1.54) is 0 Å². The van der Waals surface area contributed by atoms with Crippen LogP contribution in [0.5, 0.6) is 0 Å². The molecule has 0 saturated heterocycles. The molecule has 2 aromatic heterocycles. The zero-order valence-electron chi connectivity index (χ0n) is 15.0. The number of hydrogen-bond acceptors (Lipinski definition) is 4. The number of pyridine rings is 1. The molecule has 0 bridgehead atoms. The van der Waals surface area contributed by atoms with E-state index in [1.54, 1.807) is 35.5 Å². The lowest BCUT2D eigenvalue weighted by molar-refractivity contribution is 0.102. The molecule has 7 nitrogen and oxygen atoms in total. The molecule has 1 N–H and O–H groups in total. The molecule has 130 valence electrons.